The highest BCUT2D eigenvalue weighted by atomic mass is 32.1. The molecule has 4 fully saturated rings. The molecule has 0 amide bonds. The summed E-state index contributed by atoms with van der Waals surface area (Å²) in [4.78, 5) is 11.0. The van der Waals surface area contributed by atoms with Crippen molar-refractivity contribution in [3.8, 4) is 16.3 Å². The van der Waals surface area contributed by atoms with E-state index in [0.29, 0.717) is 42.1 Å². The fourth-order valence-electron chi connectivity index (χ4n) is 4.79. The van der Waals surface area contributed by atoms with Crippen molar-refractivity contribution in [2.45, 2.75) is 50.0 Å². The molecule has 7 rings (SSSR count). The molecule has 0 radical (unpaired) electrons. The van der Waals surface area contributed by atoms with Gasteiger partial charge in [0.15, 0.2) is 16.8 Å². The number of ether oxygens (including phenoxy) is 1. The van der Waals surface area contributed by atoms with Gasteiger partial charge >= 0.3 is 6.11 Å². The molecule has 3 saturated heterocycles. The Morgan fingerprint density at radius 3 is 2.71 bits per heavy atom. The van der Waals surface area contributed by atoms with E-state index >= 15 is 0 Å². The fraction of sp³-hybridized carbons (Fsp3) is 0.524. The van der Waals surface area contributed by atoms with Gasteiger partial charge in [0.1, 0.15) is 5.01 Å². The number of aliphatic hydroxyl groups is 1. The third-order valence-electron chi connectivity index (χ3n) is 6.35. The Kier molecular flexibility index (Phi) is 4.45. The number of hydrogen-bond donors (Lipinski definition) is 2. The molecule has 3 aromatic rings. The van der Waals surface area contributed by atoms with Gasteiger partial charge in [0.25, 0.3) is 6.01 Å². The lowest BCUT2D eigenvalue weighted by atomic mass is 9.80. The molecule has 2 atom stereocenters. The van der Waals surface area contributed by atoms with E-state index in [0.717, 1.165) is 24.5 Å². The quantitative estimate of drug-likeness (QED) is 0.596. The van der Waals surface area contributed by atoms with Crippen LogP contribution >= 0.6 is 11.3 Å². The minimum atomic E-state index is -3.35. The first kappa shape index (κ1) is 19.4. The monoisotopic (exact) mass is 448 g/mol. The van der Waals surface area contributed by atoms with Crippen LogP contribution in [0.4, 0.5) is 14.8 Å². The first-order valence-corrected chi connectivity index (χ1v) is 11.4. The predicted molar refractivity (Wildman–Crippen MR) is 112 cm³/mol. The van der Waals surface area contributed by atoms with Crippen LogP contribution in [0.25, 0.3) is 21.7 Å². The molecule has 1 aliphatic carbocycles. The molecule has 2 N–H and O–H groups in total. The van der Waals surface area contributed by atoms with Crippen molar-refractivity contribution >= 4 is 28.5 Å². The van der Waals surface area contributed by atoms with Crippen molar-refractivity contribution in [2.24, 2.45) is 5.92 Å². The number of piperazine rings is 1. The van der Waals surface area contributed by atoms with Crippen LogP contribution in [-0.4, -0.2) is 52.5 Å². The predicted octanol–water partition coefficient (Wildman–Crippen LogP) is 3.63. The van der Waals surface area contributed by atoms with Gasteiger partial charge in [0, 0.05) is 36.8 Å². The number of aromatic nitrogens is 2. The van der Waals surface area contributed by atoms with Crippen molar-refractivity contribution in [1.29, 1.82) is 0 Å². The molecule has 31 heavy (non-hydrogen) atoms. The standard InChI is InChI=1S/C21H22F2N4O3S/c22-21(23,8-11-5-14(28)6-11)30-16-2-1-15(19-24-3-4-31-19)18-17(16)26-20(29-18)27-9-12-7-13(10-27)25-12/h1-4,11-14,25,28H,5-10H2. The molecule has 3 aliphatic heterocycles. The number of oxazole rings is 1. The second-order valence-corrected chi connectivity index (χ2v) is 9.65. The first-order chi connectivity index (χ1) is 14.9. The minimum absolute atomic E-state index is 0.00419. The number of alkyl halides is 2. The van der Waals surface area contributed by atoms with Crippen LogP contribution in [0.5, 0.6) is 5.75 Å². The van der Waals surface area contributed by atoms with Gasteiger partial charge in [-0.1, -0.05) is 0 Å². The molecular weight excluding hydrogens is 426 g/mol. The number of fused-ring (bicyclic) bond motifs is 3. The number of nitrogens with one attached hydrogen (secondary N) is 1. The molecule has 2 aromatic heterocycles. The van der Waals surface area contributed by atoms with E-state index in [2.05, 4.69) is 20.2 Å². The van der Waals surface area contributed by atoms with E-state index in [9.17, 15) is 13.9 Å². The SMILES string of the molecule is OC1CC(CC(F)(F)Oc2ccc(-c3nccs3)c3oc(N4CC5CC(C4)N5)nc23)C1. The molecule has 1 saturated carbocycles. The molecule has 0 spiro atoms. The minimum Gasteiger partial charge on any atom is -0.430 e. The number of thiazole rings is 1. The number of benzene rings is 1. The summed E-state index contributed by atoms with van der Waals surface area (Å²) in [7, 11) is 0. The lowest BCUT2D eigenvalue weighted by molar-refractivity contribution is -0.197. The Hall–Kier alpha value is -2.30. The van der Waals surface area contributed by atoms with Crippen molar-refractivity contribution < 1.29 is 23.0 Å². The molecular formula is C21H22F2N4O3S. The molecule has 5 heterocycles. The van der Waals surface area contributed by atoms with Gasteiger partial charge in [-0.3, -0.25) is 0 Å². The Bertz CT molecular complexity index is 1080. The summed E-state index contributed by atoms with van der Waals surface area (Å²) in [6.07, 6.45) is -0.653. The van der Waals surface area contributed by atoms with Crippen LogP contribution in [-0.2, 0) is 0 Å². The zero-order chi connectivity index (χ0) is 21.2. The fourth-order valence-corrected chi connectivity index (χ4v) is 5.45. The Morgan fingerprint density at radius 1 is 1.26 bits per heavy atom. The summed E-state index contributed by atoms with van der Waals surface area (Å²) >= 11 is 1.45. The molecule has 164 valence electrons. The van der Waals surface area contributed by atoms with E-state index < -0.39 is 18.6 Å². The van der Waals surface area contributed by atoms with Gasteiger partial charge in [0.05, 0.1) is 18.1 Å². The average Bonchev–Trinajstić information content (AvgIpc) is 3.37. The van der Waals surface area contributed by atoms with Gasteiger partial charge in [0.2, 0.25) is 0 Å². The van der Waals surface area contributed by atoms with Crippen LogP contribution in [0.3, 0.4) is 0 Å². The maximum atomic E-state index is 14.6. The number of nitrogens with zero attached hydrogens (tertiary/aromatic N) is 3. The number of aliphatic hydroxyl groups excluding tert-OH is 1. The summed E-state index contributed by atoms with van der Waals surface area (Å²) < 4.78 is 40.6. The third kappa shape index (κ3) is 3.56. The van der Waals surface area contributed by atoms with Crippen LogP contribution in [0, 0.1) is 5.92 Å². The first-order valence-electron chi connectivity index (χ1n) is 10.5. The highest BCUT2D eigenvalue weighted by Crippen LogP contribution is 2.42. The summed E-state index contributed by atoms with van der Waals surface area (Å²) in [5, 5.41) is 15.4. The van der Waals surface area contributed by atoms with Crippen LogP contribution in [0.1, 0.15) is 25.7 Å². The van der Waals surface area contributed by atoms with E-state index in [-0.39, 0.29) is 17.2 Å². The largest absolute Gasteiger partial charge is 0.430 e. The van der Waals surface area contributed by atoms with Gasteiger partial charge in [-0.15, -0.1) is 11.3 Å². The van der Waals surface area contributed by atoms with E-state index in [4.69, 9.17) is 9.15 Å². The maximum absolute atomic E-state index is 14.6. The Balaban J connectivity index is 1.35. The van der Waals surface area contributed by atoms with Gasteiger partial charge in [-0.2, -0.15) is 13.8 Å². The highest BCUT2D eigenvalue weighted by Gasteiger charge is 2.41. The van der Waals surface area contributed by atoms with Gasteiger partial charge < -0.3 is 24.5 Å². The van der Waals surface area contributed by atoms with E-state index in [1.54, 1.807) is 12.3 Å². The summed E-state index contributed by atoms with van der Waals surface area (Å²) in [6.45, 7) is 1.54. The van der Waals surface area contributed by atoms with E-state index in [1.807, 2.05) is 5.38 Å². The zero-order valence-corrected chi connectivity index (χ0v) is 17.4. The number of hydrogen-bond acceptors (Lipinski definition) is 8. The summed E-state index contributed by atoms with van der Waals surface area (Å²) in [6, 6.07) is 4.45. The van der Waals surface area contributed by atoms with Crippen molar-refractivity contribution in [3.05, 3.63) is 23.7 Å². The molecule has 2 unspecified atom stereocenters. The molecule has 4 aliphatic rings. The summed E-state index contributed by atoms with van der Waals surface area (Å²) in [5.41, 5.74) is 1.40. The van der Waals surface area contributed by atoms with Crippen LogP contribution in [0.15, 0.2) is 28.1 Å². The number of rotatable bonds is 6. The highest BCUT2D eigenvalue weighted by molar-refractivity contribution is 7.13. The van der Waals surface area contributed by atoms with Crippen LogP contribution in [0.2, 0.25) is 0 Å². The van der Waals surface area contributed by atoms with Crippen molar-refractivity contribution in [2.75, 3.05) is 18.0 Å². The normalized spacial score (nSPS) is 27.8. The van der Waals surface area contributed by atoms with E-state index in [1.165, 1.54) is 17.4 Å². The Morgan fingerprint density at radius 2 is 2.03 bits per heavy atom. The lowest BCUT2D eigenvalue weighted by Gasteiger charge is -2.47. The average molecular weight is 448 g/mol. The van der Waals surface area contributed by atoms with Gasteiger partial charge in [-0.05, 0) is 37.3 Å². The molecule has 10 heteroatoms. The number of halogens is 2. The molecule has 2 bridgehead atoms. The molecule has 7 nitrogen and oxygen atoms in total. The van der Waals surface area contributed by atoms with Crippen LogP contribution < -0.4 is 15.0 Å². The lowest BCUT2D eigenvalue weighted by Crippen LogP contribution is -2.67. The molecule has 1 aromatic carbocycles. The number of piperidine rings is 1. The maximum Gasteiger partial charge on any atom is 0.398 e. The topological polar surface area (TPSA) is 83.7 Å². The van der Waals surface area contributed by atoms with Crippen molar-refractivity contribution in [3.63, 3.8) is 0 Å². The second-order valence-electron chi connectivity index (χ2n) is 8.76. The smallest absolute Gasteiger partial charge is 0.398 e. The Labute approximate surface area is 181 Å². The van der Waals surface area contributed by atoms with Gasteiger partial charge in [-0.25, -0.2) is 4.98 Å². The number of anilines is 1. The zero-order valence-electron chi connectivity index (χ0n) is 16.6. The van der Waals surface area contributed by atoms with Crippen molar-refractivity contribution in [1.82, 2.24) is 15.3 Å². The third-order valence-corrected chi connectivity index (χ3v) is 7.15. The second kappa shape index (κ2) is 7.11. The summed E-state index contributed by atoms with van der Waals surface area (Å²) in [5.74, 6) is -0.244.